The number of amides is 1. The minimum atomic E-state index is -0.595. The standard InChI is InChI=1S/C25H23N3O3/c1-2-31-25(30)18-10-13-20-21(14-18)28-24(29)22(20)23(17-6-4-3-5-7-17)27-19-11-8-16(15-26)9-12-19/h3-14,22H,2,15,26H2,1H3,(H,28,29). The first kappa shape index (κ1) is 20.5. The van der Waals surface area contributed by atoms with E-state index in [-0.39, 0.29) is 5.91 Å². The topological polar surface area (TPSA) is 93.8 Å². The van der Waals surface area contributed by atoms with E-state index in [1.165, 1.54) is 0 Å². The number of benzene rings is 3. The molecule has 1 aliphatic heterocycles. The lowest BCUT2D eigenvalue weighted by atomic mass is 9.90. The summed E-state index contributed by atoms with van der Waals surface area (Å²) in [5.74, 6) is -1.19. The van der Waals surface area contributed by atoms with Gasteiger partial charge in [-0.05, 0) is 47.9 Å². The van der Waals surface area contributed by atoms with Crippen LogP contribution in [-0.2, 0) is 16.1 Å². The highest BCUT2D eigenvalue weighted by molar-refractivity contribution is 6.24. The van der Waals surface area contributed by atoms with Crippen LogP contribution in [0.2, 0.25) is 0 Å². The number of fused-ring (bicyclic) bond motifs is 1. The monoisotopic (exact) mass is 413 g/mol. The van der Waals surface area contributed by atoms with Crippen LogP contribution in [0, 0.1) is 0 Å². The maximum absolute atomic E-state index is 13.0. The number of nitrogens with two attached hydrogens (primary N) is 1. The van der Waals surface area contributed by atoms with Crippen LogP contribution in [0.1, 0.15) is 39.9 Å². The van der Waals surface area contributed by atoms with E-state index in [4.69, 9.17) is 15.5 Å². The van der Waals surface area contributed by atoms with Crippen molar-refractivity contribution >= 4 is 29.0 Å². The molecule has 1 unspecified atom stereocenters. The summed E-state index contributed by atoms with van der Waals surface area (Å²) in [7, 11) is 0. The minimum Gasteiger partial charge on any atom is -0.462 e. The first-order chi connectivity index (χ1) is 15.1. The van der Waals surface area contributed by atoms with Crippen molar-refractivity contribution < 1.29 is 14.3 Å². The third kappa shape index (κ3) is 4.25. The number of carbonyl (C=O) groups excluding carboxylic acids is 2. The lowest BCUT2D eigenvalue weighted by Crippen LogP contribution is -2.21. The predicted octanol–water partition coefficient (Wildman–Crippen LogP) is 4.18. The molecule has 1 heterocycles. The smallest absolute Gasteiger partial charge is 0.338 e. The molecule has 6 heteroatoms. The highest BCUT2D eigenvalue weighted by atomic mass is 16.5. The van der Waals surface area contributed by atoms with Gasteiger partial charge in [0.05, 0.1) is 23.6 Å². The Hall–Kier alpha value is -3.77. The fraction of sp³-hybridized carbons (Fsp3) is 0.160. The number of ether oxygens (including phenoxy) is 1. The van der Waals surface area contributed by atoms with Crippen molar-refractivity contribution in [2.45, 2.75) is 19.4 Å². The van der Waals surface area contributed by atoms with E-state index in [0.29, 0.717) is 30.1 Å². The fourth-order valence-electron chi connectivity index (χ4n) is 3.63. The molecule has 156 valence electrons. The fourth-order valence-corrected chi connectivity index (χ4v) is 3.63. The number of anilines is 1. The van der Waals surface area contributed by atoms with Gasteiger partial charge >= 0.3 is 5.97 Å². The third-order valence-corrected chi connectivity index (χ3v) is 5.16. The zero-order valence-corrected chi connectivity index (χ0v) is 17.2. The van der Waals surface area contributed by atoms with Crippen LogP contribution >= 0.6 is 0 Å². The Balaban J connectivity index is 1.78. The number of nitrogens with zero attached hydrogens (tertiary/aromatic N) is 1. The second-order valence-corrected chi connectivity index (χ2v) is 7.18. The van der Waals surface area contributed by atoms with Gasteiger partial charge in [0.1, 0.15) is 5.92 Å². The molecule has 0 fully saturated rings. The maximum Gasteiger partial charge on any atom is 0.338 e. The van der Waals surface area contributed by atoms with E-state index >= 15 is 0 Å². The lowest BCUT2D eigenvalue weighted by molar-refractivity contribution is -0.115. The summed E-state index contributed by atoms with van der Waals surface area (Å²) in [5.41, 5.74) is 10.7. The van der Waals surface area contributed by atoms with Crippen molar-refractivity contribution in [3.05, 3.63) is 95.1 Å². The third-order valence-electron chi connectivity index (χ3n) is 5.16. The SMILES string of the molecule is CCOC(=O)c1ccc2c(c1)NC(=O)C2C(=Nc1ccc(CN)cc1)c1ccccc1. The quantitative estimate of drug-likeness (QED) is 0.468. The number of esters is 1. The van der Waals surface area contributed by atoms with E-state index in [0.717, 1.165) is 22.4 Å². The Morgan fingerprint density at radius 3 is 2.45 bits per heavy atom. The molecule has 1 atom stereocenters. The molecular formula is C25H23N3O3. The molecule has 0 saturated carbocycles. The normalized spacial score (nSPS) is 15.4. The summed E-state index contributed by atoms with van der Waals surface area (Å²) in [6, 6.07) is 22.4. The van der Waals surface area contributed by atoms with Crippen molar-refractivity contribution in [2.75, 3.05) is 11.9 Å². The van der Waals surface area contributed by atoms with E-state index in [1.54, 1.807) is 25.1 Å². The first-order valence-electron chi connectivity index (χ1n) is 10.2. The molecule has 3 N–H and O–H groups in total. The first-order valence-corrected chi connectivity index (χ1v) is 10.2. The van der Waals surface area contributed by atoms with Gasteiger partial charge in [-0.1, -0.05) is 48.5 Å². The molecule has 3 aromatic carbocycles. The molecule has 0 spiro atoms. The van der Waals surface area contributed by atoms with Crippen LogP contribution in [0.15, 0.2) is 77.8 Å². The Kier molecular flexibility index (Phi) is 5.91. The van der Waals surface area contributed by atoms with Crippen LogP contribution in [0.3, 0.4) is 0 Å². The molecule has 1 aliphatic rings. The average Bonchev–Trinajstić information content (AvgIpc) is 3.13. The van der Waals surface area contributed by atoms with Crippen LogP contribution in [0.5, 0.6) is 0 Å². The Labute approximate surface area is 180 Å². The molecule has 0 aliphatic carbocycles. The van der Waals surface area contributed by atoms with Crippen LogP contribution < -0.4 is 11.1 Å². The van der Waals surface area contributed by atoms with Crippen molar-refractivity contribution in [1.29, 1.82) is 0 Å². The molecule has 1 amide bonds. The Morgan fingerprint density at radius 1 is 1.03 bits per heavy atom. The molecule has 0 bridgehead atoms. The zero-order valence-electron chi connectivity index (χ0n) is 17.2. The summed E-state index contributed by atoms with van der Waals surface area (Å²) in [6.07, 6.45) is 0. The average molecular weight is 413 g/mol. The molecule has 31 heavy (non-hydrogen) atoms. The van der Waals surface area contributed by atoms with Crippen molar-refractivity contribution in [3.8, 4) is 0 Å². The zero-order chi connectivity index (χ0) is 21.8. The van der Waals surface area contributed by atoms with Crippen LogP contribution in [0.4, 0.5) is 11.4 Å². The van der Waals surface area contributed by atoms with E-state index in [9.17, 15) is 9.59 Å². The summed E-state index contributed by atoms with van der Waals surface area (Å²) < 4.78 is 5.07. The molecule has 3 aromatic rings. The van der Waals surface area contributed by atoms with Crippen molar-refractivity contribution in [1.82, 2.24) is 0 Å². The van der Waals surface area contributed by atoms with Crippen molar-refractivity contribution in [2.24, 2.45) is 10.7 Å². The summed E-state index contributed by atoms with van der Waals surface area (Å²) >= 11 is 0. The molecule has 0 saturated heterocycles. The van der Waals surface area contributed by atoms with Crippen LogP contribution in [0.25, 0.3) is 0 Å². The molecular weight excluding hydrogens is 390 g/mol. The number of aliphatic imine (C=N–C) groups is 1. The number of rotatable bonds is 6. The number of nitrogens with one attached hydrogen (secondary N) is 1. The van der Waals surface area contributed by atoms with Gasteiger partial charge in [-0.3, -0.25) is 9.79 Å². The Bertz CT molecular complexity index is 1140. The van der Waals surface area contributed by atoms with E-state index < -0.39 is 11.9 Å². The van der Waals surface area contributed by atoms with Gasteiger partial charge in [-0.15, -0.1) is 0 Å². The van der Waals surface area contributed by atoms with Gasteiger partial charge in [0.25, 0.3) is 0 Å². The largest absolute Gasteiger partial charge is 0.462 e. The summed E-state index contributed by atoms with van der Waals surface area (Å²) in [5, 5.41) is 2.90. The van der Waals surface area contributed by atoms with E-state index in [2.05, 4.69) is 5.32 Å². The van der Waals surface area contributed by atoms with Crippen molar-refractivity contribution in [3.63, 3.8) is 0 Å². The second-order valence-electron chi connectivity index (χ2n) is 7.18. The maximum atomic E-state index is 13.0. The van der Waals surface area contributed by atoms with Gasteiger partial charge in [0.2, 0.25) is 5.91 Å². The number of hydrogen-bond acceptors (Lipinski definition) is 5. The highest BCUT2D eigenvalue weighted by Crippen LogP contribution is 2.37. The van der Waals surface area contributed by atoms with E-state index in [1.807, 2.05) is 54.6 Å². The Morgan fingerprint density at radius 2 is 1.77 bits per heavy atom. The lowest BCUT2D eigenvalue weighted by Gasteiger charge is -2.14. The summed E-state index contributed by atoms with van der Waals surface area (Å²) in [4.78, 5) is 30.0. The van der Waals surface area contributed by atoms with Gasteiger partial charge in [-0.25, -0.2) is 4.79 Å². The minimum absolute atomic E-state index is 0.183. The van der Waals surface area contributed by atoms with Gasteiger partial charge in [0, 0.05) is 12.2 Å². The highest BCUT2D eigenvalue weighted by Gasteiger charge is 2.36. The molecule has 0 aromatic heterocycles. The second kappa shape index (κ2) is 8.93. The summed E-state index contributed by atoms with van der Waals surface area (Å²) in [6.45, 7) is 2.50. The number of hydrogen-bond donors (Lipinski definition) is 2. The molecule has 4 rings (SSSR count). The van der Waals surface area contributed by atoms with Gasteiger partial charge < -0.3 is 15.8 Å². The van der Waals surface area contributed by atoms with Gasteiger partial charge in [0.15, 0.2) is 0 Å². The van der Waals surface area contributed by atoms with Gasteiger partial charge in [-0.2, -0.15) is 0 Å². The predicted molar refractivity (Wildman–Crippen MR) is 121 cm³/mol. The molecule has 0 radical (unpaired) electrons. The number of carbonyl (C=O) groups is 2. The van der Waals surface area contributed by atoms with Crippen LogP contribution in [-0.4, -0.2) is 24.2 Å². The molecule has 6 nitrogen and oxygen atoms in total.